The van der Waals surface area contributed by atoms with Gasteiger partial charge < -0.3 is 29.3 Å². The van der Waals surface area contributed by atoms with Crippen LogP contribution in [0.25, 0.3) is 0 Å². The Morgan fingerprint density at radius 2 is 1.77 bits per heavy atom. The molecule has 208 valence electrons. The first-order valence-corrected chi connectivity index (χ1v) is 14.1. The number of rotatable bonds is 13. The van der Waals surface area contributed by atoms with Crippen molar-refractivity contribution < 1.29 is 23.8 Å². The molecule has 1 aromatic heterocycles. The lowest BCUT2D eigenvalue weighted by Gasteiger charge is -2.28. The van der Waals surface area contributed by atoms with Gasteiger partial charge in [-0.05, 0) is 75.1 Å². The van der Waals surface area contributed by atoms with Crippen LogP contribution in [0.3, 0.4) is 0 Å². The van der Waals surface area contributed by atoms with Crippen LogP contribution < -0.4 is 19.5 Å². The Hall–Kier alpha value is -3.72. The van der Waals surface area contributed by atoms with E-state index in [1.54, 1.807) is 30.5 Å². The monoisotopic (exact) mass is 551 g/mol. The number of anilines is 1. The third-order valence-corrected chi connectivity index (χ3v) is 7.58. The number of ether oxygens (including phenoxy) is 3. The molecule has 0 atom stereocenters. The molecule has 4 rings (SSSR count). The van der Waals surface area contributed by atoms with Gasteiger partial charge in [-0.15, -0.1) is 11.3 Å². The third-order valence-electron chi connectivity index (χ3n) is 6.60. The number of para-hydroxylation sites is 2. The van der Waals surface area contributed by atoms with E-state index >= 15 is 0 Å². The normalized spacial score (nSPS) is 12.5. The van der Waals surface area contributed by atoms with E-state index < -0.39 is 0 Å². The summed E-state index contributed by atoms with van der Waals surface area (Å²) in [6.45, 7) is 5.48. The molecule has 0 radical (unpaired) electrons. The second-order valence-corrected chi connectivity index (χ2v) is 10.9. The Labute approximate surface area is 234 Å². The predicted molar refractivity (Wildman–Crippen MR) is 154 cm³/mol. The highest BCUT2D eigenvalue weighted by molar-refractivity contribution is 7.11. The molecule has 1 aliphatic carbocycles. The van der Waals surface area contributed by atoms with Gasteiger partial charge in [0.1, 0.15) is 12.3 Å². The average Bonchev–Trinajstić information content (AvgIpc) is 3.70. The van der Waals surface area contributed by atoms with Gasteiger partial charge in [-0.3, -0.25) is 4.79 Å². The molecule has 3 amide bonds. The SMILES string of the molecule is CCOc1ccccc1NC(=O)N(CC(=O)N(CCc1ccc(OC)c(OC)c1)Cc1ccc(C)s1)C1CC1. The summed E-state index contributed by atoms with van der Waals surface area (Å²) in [7, 11) is 3.22. The number of nitrogens with zero attached hydrogens (tertiary/aromatic N) is 2. The van der Waals surface area contributed by atoms with E-state index in [4.69, 9.17) is 14.2 Å². The number of amides is 3. The van der Waals surface area contributed by atoms with E-state index in [0.717, 1.165) is 23.3 Å². The molecule has 39 heavy (non-hydrogen) atoms. The molecule has 0 aliphatic heterocycles. The van der Waals surface area contributed by atoms with Crippen LogP contribution in [-0.4, -0.2) is 61.7 Å². The Kier molecular flexibility index (Phi) is 9.70. The molecule has 1 saturated carbocycles. The standard InChI is InChI=1S/C30H37N3O5S/c1-5-38-26-9-7-6-8-25(26)31-30(35)33(23-12-13-23)20-29(34)32(19-24-14-10-21(2)39-24)17-16-22-11-15-27(36-3)28(18-22)37-4/h6-11,14-15,18,23H,5,12-13,16-17,19-20H2,1-4H3,(H,31,35). The van der Waals surface area contributed by atoms with Crippen molar-refractivity contribution in [1.82, 2.24) is 9.80 Å². The van der Waals surface area contributed by atoms with Crippen molar-refractivity contribution in [3.8, 4) is 17.2 Å². The number of aryl methyl sites for hydroxylation is 1. The number of hydrogen-bond donors (Lipinski definition) is 1. The Bertz CT molecular complexity index is 1270. The van der Waals surface area contributed by atoms with E-state index in [9.17, 15) is 9.59 Å². The molecule has 0 unspecified atom stereocenters. The number of thiophene rings is 1. The van der Waals surface area contributed by atoms with Crippen LogP contribution in [0.4, 0.5) is 10.5 Å². The van der Waals surface area contributed by atoms with Crippen molar-refractivity contribution in [2.75, 3.05) is 39.2 Å². The lowest BCUT2D eigenvalue weighted by Crippen LogP contribution is -2.45. The summed E-state index contributed by atoms with van der Waals surface area (Å²) < 4.78 is 16.5. The predicted octanol–water partition coefficient (Wildman–Crippen LogP) is 5.74. The first kappa shape index (κ1) is 28.3. The molecule has 1 N–H and O–H groups in total. The highest BCUT2D eigenvalue weighted by atomic mass is 32.1. The van der Waals surface area contributed by atoms with Crippen LogP contribution in [0, 0.1) is 6.92 Å². The van der Waals surface area contributed by atoms with Gasteiger partial charge >= 0.3 is 6.03 Å². The Morgan fingerprint density at radius 1 is 1.00 bits per heavy atom. The molecule has 1 aliphatic rings. The van der Waals surface area contributed by atoms with Gasteiger partial charge in [0.2, 0.25) is 5.91 Å². The van der Waals surface area contributed by atoms with Crippen LogP contribution in [0.1, 0.15) is 35.1 Å². The minimum absolute atomic E-state index is 0.0175. The van der Waals surface area contributed by atoms with E-state index in [1.165, 1.54) is 4.88 Å². The first-order chi connectivity index (χ1) is 18.9. The molecule has 1 heterocycles. The molecule has 9 heteroatoms. The molecule has 0 bridgehead atoms. The number of hydrogen-bond acceptors (Lipinski definition) is 6. The summed E-state index contributed by atoms with van der Waals surface area (Å²) in [5, 5.41) is 2.96. The van der Waals surface area contributed by atoms with Crippen LogP contribution in [0.15, 0.2) is 54.6 Å². The fourth-order valence-corrected chi connectivity index (χ4v) is 5.29. The maximum absolute atomic E-state index is 13.7. The molecule has 0 saturated heterocycles. The van der Waals surface area contributed by atoms with Crippen molar-refractivity contribution in [1.29, 1.82) is 0 Å². The van der Waals surface area contributed by atoms with Gasteiger partial charge in [0.25, 0.3) is 0 Å². The summed E-state index contributed by atoms with van der Waals surface area (Å²) in [6.07, 6.45) is 2.43. The zero-order valence-electron chi connectivity index (χ0n) is 23.1. The van der Waals surface area contributed by atoms with Crippen molar-refractivity contribution in [2.45, 2.75) is 45.7 Å². The molecule has 3 aromatic rings. The van der Waals surface area contributed by atoms with Crippen LogP contribution >= 0.6 is 11.3 Å². The van der Waals surface area contributed by atoms with Gasteiger partial charge in [0.05, 0.1) is 33.1 Å². The lowest BCUT2D eigenvalue weighted by molar-refractivity contribution is -0.132. The smallest absolute Gasteiger partial charge is 0.322 e. The summed E-state index contributed by atoms with van der Waals surface area (Å²) in [5.41, 5.74) is 1.64. The summed E-state index contributed by atoms with van der Waals surface area (Å²) in [4.78, 5) is 32.9. The number of nitrogens with one attached hydrogen (secondary N) is 1. The van der Waals surface area contributed by atoms with E-state index in [-0.39, 0.29) is 24.5 Å². The second-order valence-electron chi connectivity index (χ2n) is 9.49. The van der Waals surface area contributed by atoms with Crippen molar-refractivity contribution in [3.05, 3.63) is 69.9 Å². The quantitative estimate of drug-likeness (QED) is 0.293. The van der Waals surface area contributed by atoms with Gasteiger partial charge in [-0.1, -0.05) is 18.2 Å². The van der Waals surface area contributed by atoms with E-state index in [1.807, 2.05) is 54.3 Å². The highest BCUT2D eigenvalue weighted by Crippen LogP contribution is 2.30. The molecule has 0 spiro atoms. The van der Waals surface area contributed by atoms with Crippen LogP contribution in [0.5, 0.6) is 17.2 Å². The van der Waals surface area contributed by atoms with Gasteiger partial charge in [-0.2, -0.15) is 0 Å². The van der Waals surface area contributed by atoms with Crippen LogP contribution in [0.2, 0.25) is 0 Å². The average molecular weight is 552 g/mol. The lowest BCUT2D eigenvalue weighted by atomic mass is 10.1. The maximum Gasteiger partial charge on any atom is 0.322 e. The number of urea groups is 1. The van der Waals surface area contributed by atoms with Crippen molar-refractivity contribution >= 4 is 29.0 Å². The Balaban J connectivity index is 1.48. The van der Waals surface area contributed by atoms with Crippen molar-refractivity contribution in [3.63, 3.8) is 0 Å². The van der Waals surface area contributed by atoms with E-state index in [0.29, 0.717) is 49.1 Å². The van der Waals surface area contributed by atoms with Gasteiger partial charge in [0, 0.05) is 22.3 Å². The van der Waals surface area contributed by atoms with Crippen LogP contribution in [-0.2, 0) is 17.8 Å². The topological polar surface area (TPSA) is 80.3 Å². The number of benzene rings is 2. The molecule has 1 fully saturated rings. The zero-order chi connectivity index (χ0) is 27.8. The maximum atomic E-state index is 13.7. The fraction of sp³-hybridized carbons (Fsp3) is 0.400. The summed E-state index contributed by atoms with van der Waals surface area (Å²) in [5.74, 6) is 1.85. The first-order valence-electron chi connectivity index (χ1n) is 13.2. The van der Waals surface area contributed by atoms with Crippen molar-refractivity contribution in [2.24, 2.45) is 0 Å². The molecular weight excluding hydrogens is 514 g/mol. The number of carbonyl (C=O) groups excluding carboxylic acids is 2. The molecule has 8 nitrogen and oxygen atoms in total. The highest BCUT2D eigenvalue weighted by Gasteiger charge is 2.35. The second kappa shape index (κ2) is 13.4. The van der Waals surface area contributed by atoms with Gasteiger partial charge in [0.15, 0.2) is 11.5 Å². The number of methoxy groups -OCH3 is 2. The largest absolute Gasteiger partial charge is 0.493 e. The summed E-state index contributed by atoms with van der Waals surface area (Å²) in [6, 6.07) is 17.1. The van der Waals surface area contributed by atoms with Gasteiger partial charge in [-0.25, -0.2) is 4.79 Å². The third kappa shape index (κ3) is 7.66. The molecule has 2 aromatic carbocycles. The number of carbonyl (C=O) groups is 2. The van der Waals surface area contributed by atoms with E-state index in [2.05, 4.69) is 24.4 Å². The Morgan fingerprint density at radius 3 is 2.44 bits per heavy atom. The fourth-order valence-electron chi connectivity index (χ4n) is 4.39. The minimum Gasteiger partial charge on any atom is -0.493 e. The minimum atomic E-state index is -0.287. The molecular formula is C30H37N3O5S. The summed E-state index contributed by atoms with van der Waals surface area (Å²) >= 11 is 1.68. The zero-order valence-corrected chi connectivity index (χ0v) is 23.9.